The Balaban J connectivity index is 1.96. The second-order valence-electron chi connectivity index (χ2n) is 7.00. The van der Waals surface area contributed by atoms with Crippen molar-refractivity contribution in [1.29, 1.82) is 0 Å². The largest absolute Gasteiger partial charge is 0.495 e. The Labute approximate surface area is 176 Å². The molecule has 0 fully saturated rings. The van der Waals surface area contributed by atoms with Gasteiger partial charge in [0.15, 0.2) is 0 Å². The first-order chi connectivity index (χ1) is 14.2. The van der Waals surface area contributed by atoms with Gasteiger partial charge < -0.3 is 26.0 Å². The number of carbonyl (C=O) groups is 3. The number of amides is 3. The van der Waals surface area contributed by atoms with Crippen molar-refractivity contribution in [2.45, 2.75) is 33.7 Å². The highest BCUT2D eigenvalue weighted by atomic mass is 16.5. The van der Waals surface area contributed by atoms with Gasteiger partial charge in [-0.25, -0.2) is 0 Å². The molecule has 0 unspecified atom stereocenters. The SMILES string of the molecule is COc1ccc(NC(C)=O)cc1N[C@@H](C)C(=O)NCC(=O)Nc1c(C)cccc1C. The third kappa shape index (κ3) is 6.23. The summed E-state index contributed by atoms with van der Waals surface area (Å²) in [4.78, 5) is 35.9. The van der Waals surface area contributed by atoms with Crippen molar-refractivity contribution < 1.29 is 19.1 Å². The van der Waals surface area contributed by atoms with Crippen LogP contribution in [0.25, 0.3) is 0 Å². The number of benzene rings is 2. The van der Waals surface area contributed by atoms with E-state index in [1.807, 2.05) is 32.0 Å². The van der Waals surface area contributed by atoms with Crippen LogP contribution in [0.4, 0.5) is 17.1 Å². The third-order valence-electron chi connectivity index (χ3n) is 4.45. The number of methoxy groups -OCH3 is 1. The van der Waals surface area contributed by atoms with E-state index in [9.17, 15) is 14.4 Å². The number of ether oxygens (including phenoxy) is 1. The van der Waals surface area contributed by atoms with Crippen LogP contribution in [-0.4, -0.2) is 37.4 Å². The molecule has 2 aromatic carbocycles. The van der Waals surface area contributed by atoms with Gasteiger partial charge in [-0.05, 0) is 50.1 Å². The van der Waals surface area contributed by atoms with Crippen molar-refractivity contribution in [3.63, 3.8) is 0 Å². The first kappa shape index (κ1) is 22.7. The average molecular weight is 412 g/mol. The molecule has 0 aliphatic heterocycles. The van der Waals surface area contributed by atoms with Crippen LogP contribution in [0.1, 0.15) is 25.0 Å². The number of carbonyl (C=O) groups excluding carboxylic acids is 3. The van der Waals surface area contributed by atoms with Crippen LogP contribution in [-0.2, 0) is 14.4 Å². The van der Waals surface area contributed by atoms with Gasteiger partial charge in [0.1, 0.15) is 11.8 Å². The summed E-state index contributed by atoms with van der Waals surface area (Å²) in [6.07, 6.45) is 0. The lowest BCUT2D eigenvalue weighted by atomic mass is 10.1. The lowest BCUT2D eigenvalue weighted by Crippen LogP contribution is -2.41. The highest BCUT2D eigenvalue weighted by Crippen LogP contribution is 2.28. The van der Waals surface area contributed by atoms with Crippen LogP contribution in [0.2, 0.25) is 0 Å². The lowest BCUT2D eigenvalue weighted by Gasteiger charge is -2.18. The molecular formula is C22H28N4O4. The summed E-state index contributed by atoms with van der Waals surface area (Å²) >= 11 is 0. The molecule has 160 valence electrons. The fourth-order valence-electron chi connectivity index (χ4n) is 2.92. The fourth-order valence-corrected chi connectivity index (χ4v) is 2.92. The van der Waals surface area contributed by atoms with Gasteiger partial charge in [-0.3, -0.25) is 14.4 Å². The van der Waals surface area contributed by atoms with Gasteiger partial charge in [0.05, 0.1) is 19.3 Å². The van der Waals surface area contributed by atoms with Gasteiger partial charge in [0, 0.05) is 18.3 Å². The minimum atomic E-state index is -0.639. The van der Waals surface area contributed by atoms with Crippen molar-refractivity contribution in [2.75, 3.05) is 29.6 Å². The summed E-state index contributed by atoms with van der Waals surface area (Å²) in [7, 11) is 1.52. The van der Waals surface area contributed by atoms with Gasteiger partial charge in [0.2, 0.25) is 17.7 Å². The second-order valence-corrected chi connectivity index (χ2v) is 7.00. The topological polar surface area (TPSA) is 109 Å². The molecule has 0 bridgehead atoms. The van der Waals surface area contributed by atoms with Crippen molar-refractivity contribution in [3.05, 3.63) is 47.5 Å². The molecule has 30 heavy (non-hydrogen) atoms. The lowest BCUT2D eigenvalue weighted by molar-refractivity contribution is -0.124. The van der Waals surface area contributed by atoms with E-state index in [1.165, 1.54) is 14.0 Å². The number of nitrogens with one attached hydrogen (secondary N) is 4. The molecule has 0 saturated carbocycles. The maximum absolute atomic E-state index is 12.4. The number of para-hydroxylation sites is 1. The maximum Gasteiger partial charge on any atom is 0.243 e. The summed E-state index contributed by atoms with van der Waals surface area (Å²) in [6.45, 7) is 6.76. The highest BCUT2D eigenvalue weighted by molar-refractivity contribution is 5.97. The van der Waals surface area contributed by atoms with Gasteiger partial charge in [0.25, 0.3) is 0 Å². The maximum atomic E-state index is 12.4. The predicted octanol–water partition coefficient (Wildman–Crippen LogP) is 2.83. The van der Waals surface area contributed by atoms with Crippen LogP contribution in [0, 0.1) is 13.8 Å². The highest BCUT2D eigenvalue weighted by Gasteiger charge is 2.17. The van der Waals surface area contributed by atoms with E-state index < -0.39 is 6.04 Å². The molecule has 2 aromatic rings. The summed E-state index contributed by atoms with van der Waals surface area (Å²) in [5.74, 6) is -0.333. The first-order valence-electron chi connectivity index (χ1n) is 9.57. The minimum absolute atomic E-state index is 0.151. The standard InChI is InChI=1S/C22H28N4O4/c1-13-7-6-8-14(2)21(13)26-20(28)12-23-22(29)15(3)24-18-11-17(25-16(4)27)9-10-19(18)30-5/h6-11,15,24H,12H2,1-5H3,(H,23,29)(H,25,27)(H,26,28)/t15-/m0/s1. The van der Waals surface area contributed by atoms with Crippen LogP contribution < -0.4 is 26.0 Å². The number of hydrogen-bond acceptors (Lipinski definition) is 5. The molecular weight excluding hydrogens is 384 g/mol. The molecule has 1 atom stereocenters. The van der Waals surface area contributed by atoms with Gasteiger partial charge >= 0.3 is 0 Å². The average Bonchev–Trinajstić information content (AvgIpc) is 2.68. The molecule has 0 aromatic heterocycles. The van der Waals surface area contributed by atoms with E-state index in [0.717, 1.165) is 16.8 Å². The third-order valence-corrected chi connectivity index (χ3v) is 4.45. The van der Waals surface area contributed by atoms with E-state index in [1.54, 1.807) is 25.1 Å². The van der Waals surface area contributed by atoms with E-state index in [-0.39, 0.29) is 24.3 Å². The van der Waals surface area contributed by atoms with Crippen LogP contribution in [0.15, 0.2) is 36.4 Å². The van der Waals surface area contributed by atoms with Gasteiger partial charge in [-0.1, -0.05) is 18.2 Å². The Kier molecular flexibility index (Phi) is 7.80. The van der Waals surface area contributed by atoms with Crippen molar-refractivity contribution >= 4 is 34.8 Å². The Morgan fingerprint density at radius 1 is 1.03 bits per heavy atom. The number of aryl methyl sites for hydroxylation is 2. The van der Waals surface area contributed by atoms with Crippen LogP contribution in [0.3, 0.4) is 0 Å². The Morgan fingerprint density at radius 3 is 2.30 bits per heavy atom. The minimum Gasteiger partial charge on any atom is -0.495 e. The molecule has 0 aliphatic carbocycles. The quantitative estimate of drug-likeness (QED) is 0.533. The summed E-state index contributed by atoms with van der Waals surface area (Å²) in [5, 5.41) is 11.2. The molecule has 2 rings (SSSR count). The smallest absolute Gasteiger partial charge is 0.243 e. The van der Waals surface area contributed by atoms with E-state index >= 15 is 0 Å². The second kappa shape index (κ2) is 10.3. The van der Waals surface area contributed by atoms with Crippen LogP contribution >= 0.6 is 0 Å². The van der Waals surface area contributed by atoms with Crippen molar-refractivity contribution in [2.24, 2.45) is 0 Å². The molecule has 0 radical (unpaired) electrons. The van der Waals surface area contributed by atoms with E-state index in [0.29, 0.717) is 17.1 Å². The zero-order chi connectivity index (χ0) is 22.3. The zero-order valence-electron chi connectivity index (χ0n) is 17.9. The molecule has 3 amide bonds. The Bertz CT molecular complexity index is 922. The summed E-state index contributed by atoms with van der Waals surface area (Å²) < 4.78 is 5.30. The zero-order valence-corrected chi connectivity index (χ0v) is 17.9. The number of rotatable bonds is 8. The fraction of sp³-hybridized carbons (Fsp3) is 0.318. The molecule has 4 N–H and O–H groups in total. The molecule has 8 nitrogen and oxygen atoms in total. The normalized spacial score (nSPS) is 11.2. The summed E-state index contributed by atoms with van der Waals surface area (Å²) in [5.41, 5.74) is 3.78. The predicted molar refractivity (Wildman–Crippen MR) is 118 cm³/mol. The van der Waals surface area contributed by atoms with Gasteiger partial charge in [-0.15, -0.1) is 0 Å². The molecule has 0 spiro atoms. The summed E-state index contributed by atoms with van der Waals surface area (Å²) in [6, 6.07) is 10.2. The number of hydrogen-bond donors (Lipinski definition) is 4. The van der Waals surface area contributed by atoms with Gasteiger partial charge in [-0.2, -0.15) is 0 Å². The van der Waals surface area contributed by atoms with Crippen molar-refractivity contribution in [1.82, 2.24) is 5.32 Å². The molecule has 0 saturated heterocycles. The number of anilines is 3. The monoisotopic (exact) mass is 412 g/mol. The molecule has 0 heterocycles. The Hall–Kier alpha value is -3.55. The van der Waals surface area contributed by atoms with Crippen LogP contribution in [0.5, 0.6) is 5.75 Å². The molecule has 0 aliphatic rings. The van der Waals surface area contributed by atoms with Crippen molar-refractivity contribution in [3.8, 4) is 5.75 Å². The van der Waals surface area contributed by atoms with E-state index in [4.69, 9.17) is 4.74 Å². The first-order valence-corrected chi connectivity index (χ1v) is 9.57. The van der Waals surface area contributed by atoms with E-state index in [2.05, 4.69) is 21.3 Å². The Morgan fingerprint density at radius 2 is 1.70 bits per heavy atom. The molecule has 8 heteroatoms.